The van der Waals surface area contributed by atoms with Crippen molar-refractivity contribution in [3.63, 3.8) is 0 Å². The molecule has 9 nitrogen and oxygen atoms in total. The van der Waals surface area contributed by atoms with Crippen molar-refractivity contribution in [1.29, 1.82) is 0 Å². The molecule has 3 rings (SSSR count). The van der Waals surface area contributed by atoms with E-state index < -0.39 is 11.9 Å². The molecule has 2 aromatic rings. The van der Waals surface area contributed by atoms with Crippen molar-refractivity contribution in [2.75, 3.05) is 33.3 Å². The molecule has 0 bridgehead atoms. The Morgan fingerprint density at radius 2 is 1.62 bits per heavy atom. The molecule has 1 aliphatic rings. The smallest absolute Gasteiger partial charge is 0.341 e. The van der Waals surface area contributed by atoms with Crippen LogP contribution in [0.3, 0.4) is 0 Å². The Morgan fingerprint density at radius 3 is 2.15 bits per heavy atom. The molecule has 0 aliphatic heterocycles. The maximum Gasteiger partial charge on any atom is 0.341 e. The zero-order valence-corrected chi connectivity index (χ0v) is 20.9. The van der Waals surface area contributed by atoms with E-state index in [0.717, 1.165) is 37.0 Å². The predicted molar refractivity (Wildman–Crippen MR) is 129 cm³/mol. The molecule has 0 saturated heterocycles. The fraction of sp³-hybridized carbons (Fsp3) is 0.458. The number of methoxy groups -OCH3 is 3. The van der Waals surface area contributed by atoms with E-state index in [1.54, 1.807) is 13.8 Å². The van der Waals surface area contributed by atoms with Gasteiger partial charge < -0.3 is 29.6 Å². The molecular formula is C24H30N2O7S. The van der Waals surface area contributed by atoms with Crippen molar-refractivity contribution in [2.24, 2.45) is 0 Å². The van der Waals surface area contributed by atoms with Crippen molar-refractivity contribution in [1.82, 2.24) is 5.32 Å². The molecule has 1 saturated carbocycles. The molecule has 0 atom stereocenters. The monoisotopic (exact) mass is 490 g/mol. The van der Waals surface area contributed by atoms with Gasteiger partial charge >= 0.3 is 5.97 Å². The van der Waals surface area contributed by atoms with Crippen LogP contribution in [0.5, 0.6) is 17.2 Å². The first-order valence-corrected chi connectivity index (χ1v) is 11.9. The maximum absolute atomic E-state index is 13.1. The highest BCUT2D eigenvalue weighted by Crippen LogP contribution is 2.39. The number of rotatable bonds is 9. The zero-order valence-electron chi connectivity index (χ0n) is 20.0. The lowest BCUT2D eigenvalue weighted by molar-refractivity contribution is 0.0527. The summed E-state index contributed by atoms with van der Waals surface area (Å²) in [5.41, 5.74) is 0.871. The molecule has 10 heteroatoms. The summed E-state index contributed by atoms with van der Waals surface area (Å²) in [6, 6.07) is 3.14. The van der Waals surface area contributed by atoms with Crippen molar-refractivity contribution in [3.05, 3.63) is 33.7 Å². The summed E-state index contributed by atoms with van der Waals surface area (Å²) in [7, 11) is 4.38. The van der Waals surface area contributed by atoms with Gasteiger partial charge in [-0.25, -0.2) is 4.79 Å². The third-order valence-corrected chi connectivity index (χ3v) is 6.88. The molecule has 184 valence electrons. The van der Waals surface area contributed by atoms with Gasteiger partial charge in [0.2, 0.25) is 5.75 Å². The van der Waals surface area contributed by atoms with Crippen LogP contribution in [0, 0.1) is 6.92 Å². The number of carbonyl (C=O) groups excluding carboxylic acids is 3. The lowest BCUT2D eigenvalue weighted by atomic mass is 10.1. The number of hydrogen-bond acceptors (Lipinski definition) is 8. The lowest BCUT2D eigenvalue weighted by Gasteiger charge is -2.14. The first kappa shape index (κ1) is 25.4. The Kier molecular flexibility index (Phi) is 8.38. The van der Waals surface area contributed by atoms with Crippen LogP contribution in [0.15, 0.2) is 12.1 Å². The van der Waals surface area contributed by atoms with E-state index >= 15 is 0 Å². The average Bonchev–Trinajstić information content (AvgIpc) is 3.45. The van der Waals surface area contributed by atoms with E-state index in [1.165, 1.54) is 33.5 Å². The van der Waals surface area contributed by atoms with Gasteiger partial charge in [0.15, 0.2) is 11.5 Å². The maximum atomic E-state index is 13.1. The van der Waals surface area contributed by atoms with Gasteiger partial charge in [0.1, 0.15) is 5.00 Å². The molecule has 1 heterocycles. The topological polar surface area (TPSA) is 112 Å². The van der Waals surface area contributed by atoms with Crippen LogP contribution in [0.4, 0.5) is 5.00 Å². The molecule has 1 fully saturated rings. The molecule has 1 aromatic heterocycles. The fourth-order valence-electron chi connectivity index (χ4n) is 3.98. The second-order valence-corrected chi connectivity index (χ2v) is 8.82. The third kappa shape index (κ3) is 5.27. The number of anilines is 1. The van der Waals surface area contributed by atoms with Crippen LogP contribution in [0.25, 0.3) is 0 Å². The van der Waals surface area contributed by atoms with Gasteiger partial charge in [-0.05, 0) is 44.4 Å². The first-order valence-electron chi connectivity index (χ1n) is 11.1. The summed E-state index contributed by atoms with van der Waals surface area (Å²) in [6.07, 6.45) is 4.04. The van der Waals surface area contributed by atoms with Crippen molar-refractivity contribution >= 4 is 34.1 Å². The molecule has 2 amide bonds. The van der Waals surface area contributed by atoms with E-state index in [9.17, 15) is 14.4 Å². The van der Waals surface area contributed by atoms with Crippen molar-refractivity contribution in [2.45, 2.75) is 45.6 Å². The van der Waals surface area contributed by atoms with Gasteiger partial charge in [0.25, 0.3) is 11.8 Å². The van der Waals surface area contributed by atoms with E-state index in [1.807, 2.05) is 0 Å². The summed E-state index contributed by atoms with van der Waals surface area (Å²) in [5.74, 6) is -0.377. The van der Waals surface area contributed by atoms with Gasteiger partial charge in [-0.2, -0.15) is 0 Å². The Labute approximate surface area is 202 Å². The second kappa shape index (κ2) is 11.2. The minimum absolute atomic E-state index is 0.123. The van der Waals surface area contributed by atoms with Gasteiger partial charge in [0, 0.05) is 11.6 Å². The third-order valence-electron chi connectivity index (χ3n) is 5.68. The van der Waals surface area contributed by atoms with E-state index in [-0.39, 0.29) is 34.7 Å². The Hall–Kier alpha value is -3.27. The molecule has 1 aliphatic carbocycles. The summed E-state index contributed by atoms with van der Waals surface area (Å²) in [5, 5.41) is 6.04. The highest BCUT2D eigenvalue weighted by molar-refractivity contribution is 7.18. The Balaban J connectivity index is 1.95. The number of nitrogens with one attached hydrogen (secondary N) is 2. The van der Waals surface area contributed by atoms with Gasteiger partial charge in [0.05, 0.1) is 38.4 Å². The van der Waals surface area contributed by atoms with Crippen LogP contribution in [-0.4, -0.2) is 51.8 Å². The number of ether oxygens (including phenoxy) is 4. The number of carbonyl (C=O) groups is 3. The molecule has 0 unspecified atom stereocenters. The molecule has 0 radical (unpaired) electrons. The fourth-order valence-corrected chi connectivity index (χ4v) is 5.07. The van der Waals surface area contributed by atoms with Crippen LogP contribution in [0.1, 0.15) is 68.6 Å². The van der Waals surface area contributed by atoms with E-state index in [0.29, 0.717) is 27.7 Å². The summed E-state index contributed by atoms with van der Waals surface area (Å²) < 4.78 is 21.1. The average molecular weight is 491 g/mol. The largest absolute Gasteiger partial charge is 0.493 e. The number of amides is 2. The van der Waals surface area contributed by atoms with Crippen LogP contribution in [-0.2, 0) is 4.74 Å². The summed E-state index contributed by atoms with van der Waals surface area (Å²) in [6.45, 7) is 3.54. The lowest BCUT2D eigenvalue weighted by Crippen LogP contribution is -2.32. The second-order valence-electron chi connectivity index (χ2n) is 7.80. The van der Waals surface area contributed by atoms with E-state index in [2.05, 4.69) is 10.6 Å². The summed E-state index contributed by atoms with van der Waals surface area (Å²) in [4.78, 5) is 39.2. The Morgan fingerprint density at radius 1 is 1.00 bits per heavy atom. The van der Waals surface area contributed by atoms with Crippen LogP contribution >= 0.6 is 11.3 Å². The van der Waals surface area contributed by atoms with Gasteiger partial charge in [-0.15, -0.1) is 11.3 Å². The first-order chi connectivity index (χ1) is 16.3. The normalized spacial score (nSPS) is 13.3. The highest BCUT2D eigenvalue weighted by Gasteiger charge is 2.29. The van der Waals surface area contributed by atoms with Crippen LogP contribution in [0.2, 0.25) is 0 Å². The SMILES string of the molecule is CCOC(=O)c1c(NC(=O)c2cc(OC)c(OC)c(OC)c2)sc(C(=O)NC2CCCC2)c1C. The van der Waals surface area contributed by atoms with Gasteiger partial charge in [-0.1, -0.05) is 12.8 Å². The highest BCUT2D eigenvalue weighted by atomic mass is 32.1. The Bertz CT molecular complexity index is 1050. The van der Waals surface area contributed by atoms with Crippen molar-refractivity contribution in [3.8, 4) is 17.2 Å². The number of esters is 1. The summed E-state index contributed by atoms with van der Waals surface area (Å²) >= 11 is 1.05. The van der Waals surface area contributed by atoms with Gasteiger partial charge in [-0.3, -0.25) is 9.59 Å². The standard InChI is InChI=1S/C24H30N2O7S/c1-6-33-24(29)18-13(2)20(22(28)25-15-9-7-8-10-15)34-23(18)26-21(27)14-11-16(30-3)19(32-5)17(12-14)31-4/h11-12,15H,6-10H2,1-5H3,(H,25,28)(H,26,27). The zero-order chi connectivity index (χ0) is 24.8. The molecule has 0 spiro atoms. The van der Waals surface area contributed by atoms with Crippen LogP contribution < -0.4 is 24.8 Å². The van der Waals surface area contributed by atoms with E-state index in [4.69, 9.17) is 18.9 Å². The minimum atomic E-state index is -0.601. The predicted octanol–water partition coefficient (Wildman–Crippen LogP) is 4.18. The molecule has 2 N–H and O–H groups in total. The molecule has 1 aromatic carbocycles. The number of benzene rings is 1. The molecular weight excluding hydrogens is 460 g/mol. The number of hydrogen-bond donors (Lipinski definition) is 2. The van der Waals surface area contributed by atoms with Crippen molar-refractivity contribution < 1.29 is 33.3 Å². The quantitative estimate of drug-likeness (QED) is 0.507. The molecule has 34 heavy (non-hydrogen) atoms. The minimum Gasteiger partial charge on any atom is -0.493 e. The number of thiophene rings is 1.